The minimum Gasteiger partial charge on any atom is -0.493 e. The van der Waals surface area contributed by atoms with Crippen molar-refractivity contribution < 1.29 is 23.8 Å². The maximum absolute atomic E-state index is 12.2. The topological polar surface area (TPSA) is 73.9 Å². The van der Waals surface area contributed by atoms with Crippen molar-refractivity contribution in [3.63, 3.8) is 0 Å². The van der Waals surface area contributed by atoms with Gasteiger partial charge >= 0.3 is 0 Å². The van der Waals surface area contributed by atoms with Crippen LogP contribution in [0.15, 0.2) is 66.1 Å². The Bertz CT molecular complexity index is 1030. The third-order valence-corrected chi connectivity index (χ3v) is 4.96. The van der Waals surface area contributed by atoms with Gasteiger partial charge < -0.3 is 19.5 Å². The first-order valence-corrected chi connectivity index (χ1v) is 9.97. The van der Waals surface area contributed by atoms with Crippen LogP contribution in [0.2, 0.25) is 0 Å². The Hall–Kier alpha value is -3.58. The normalized spacial score (nSPS) is 10.6. The van der Waals surface area contributed by atoms with Crippen LogP contribution >= 0.6 is 11.3 Å². The van der Waals surface area contributed by atoms with Crippen LogP contribution < -0.4 is 19.5 Å². The minimum absolute atomic E-state index is 0.0962. The Labute approximate surface area is 178 Å². The predicted molar refractivity (Wildman–Crippen MR) is 118 cm³/mol. The zero-order chi connectivity index (χ0) is 21.3. The SMILES string of the molecule is COc1ccc(NC(=O)COc2ccc(C(=O)/C=C/c3cccs3)cc2)cc1OC. The predicted octanol–water partition coefficient (Wildman–Crippen LogP) is 4.68. The molecule has 1 N–H and O–H groups in total. The summed E-state index contributed by atoms with van der Waals surface area (Å²) in [7, 11) is 3.07. The zero-order valence-electron chi connectivity index (χ0n) is 16.6. The molecule has 30 heavy (non-hydrogen) atoms. The van der Waals surface area contributed by atoms with E-state index in [4.69, 9.17) is 14.2 Å². The molecule has 1 aromatic heterocycles. The fourth-order valence-electron chi connectivity index (χ4n) is 2.62. The van der Waals surface area contributed by atoms with Crippen molar-refractivity contribution >= 4 is 34.8 Å². The molecule has 3 aromatic rings. The fourth-order valence-corrected chi connectivity index (χ4v) is 3.23. The van der Waals surface area contributed by atoms with Crippen molar-refractivity contribution in [1.82, 2.24) is 0 Å². The highest BCUT2D eigenvalue weighted by Gasteiger charge is 2.09. The molecule has 0 radical (unpaired) electrons. The number of anilines is 1. The molecule has 0 saturated carbocycles. The summed E-state index contributed by atoms with van der Waals surface area (Å²) in [5.41, 5.74) is 1.12. The number of hydrogen-bond acceptors (Lipinski definition) is 6. The van der Waals surface area contributed by atoms with E-state index in [1.54, 1.807) is 67.0 Å². The van der Waals surface area contributed by atoms with Crippen LogP contribution in [-0.2, 0) is 4.79 Å². The molecule has 2 aromatic carbocycles. The van der Waals surface area contributed by atoms with Gasteiger partial charge in [-0.3, -0.25) is 9.59 Å². The molecule has 3 rings (SSSR count). The van der Waals surface area contributed by atoms with E-state index in [-0.39, 0.29) is 18.3 Å². The van der Waals surface area contributed by atoms with Crippen LogP contribution in [0, 0.1) is 0 Å². The lowest BCUT2D eigenvalue weighted by Crippen LogP contribution is -2.20. The van der Waals surface area contributed by atoms with E-state index in [1.807, 2.05) is 17.5 Å². The highest BCUT2D eigenvalue weighted by atomic mass is 32.1. The van der Waals surface area contributed by atoms with E-state index in [2.05, 4.69) is 5.32 Å². The lowest BCUT2D eigenvalue weighted by atomic mass is 10.1. The number of nitrogens with one attached hydrogen (secondary N) is 1. The second-order valence-electron chi connectivity index (χ2n) is 6.14. The van der Waals surface area contributed by atoms with Crippen LogP contribution in [0.25, 0.3) is 6.08 Å². The molecule has 0 bridgehead atoms. The van der Waals surface area contributed by atoms with Gasteiger partial charge in [0.15, 0.2) is 23.9 Å². The van der Waals surface area contributed by atoms with E-state index in [9.17, 15) is 9.59 Å². The minimum atomic E-state index is -0.318. The molecule has 0 fully saturated rings. The summed E-state index contributed by atoms with van der Waals surface area (Å²) in [6.45, 7) is -0.167. The second kappa shape index (κ2) is 10.3. The number of benzene rings is 2. The number of amides is 1. The number of ketones is 1. The molecular weight excluding hydrogens is 402 g/mol. The van der Waals surface area contributed by atoms with Gasteiger partial charge in [-0.15, -0.1) is 11.3 Å². The van der Waals surface area contributed by atoms with Crippen LogP contribution in [0.4, 0.5) is 5.69 Å². The molecule has 6 nitrogen and oxygen atoms in total. The standard InChI is InChI=1S/C23H21NO5S/c1-27-21-12-7-17(14-22(21)28-2)24-23(26)15-29-18-8-5-16(6-9-18)20(25)11-10-19-4-3-13-30-19/h3-14H,15H2,1-2H3,(H,24,26)/b11-10+. The highest BCUT2D eigenvalue weighted by Crippen LogP contribution is 2.29. The monoisotopic (exact) mass is 423 g/mol. The number of allylic oxidation sites excluding steroid dienone is 1. The van der Waals surface area contributed by atoms with Crippen LogP contribution in [-0.4, -0.2) is 32.5 Å². The first kappa shape index (κ1) is 21.1. The molecule has 0 spiro atoms. The summed E-state index contributed by atoms with van der Waals surface area (Å²) in [6.07, 6.45) is 3.33. The first-order valence-electron chi connectivity index (χ1n) is 9.09. The van der Waals surface area contributed by atoms with Crippen LogP contribution in [0.5, 0.6) is 17.2 Å². The van der Waals surface area contributed by atoms with Gasteiger partial charge in [0, 0.05) is 22.2 Å². The summed E-state index contributed by atoms with van der Waals surface area (Å²) in [6, 6.07) is 15.6. The molecule has 154 valence electrons. The van der Waals surface area contributed by atoms with Gasteiger partial charge in [-0.05, 0) is 60.0 Å². The van der Waals surface area contributed by atoms with E-state index >= 15 is 0 Å². The number of rotatable bonds is 9. The third-order valence-electron chi connectivity index (χ3n) is 4.12. The number of thiophene rings is 1. The molecule has 0 aliphatic carbocycles. The molecule has 0 saturated heterocycles. The molecule has 1 heterocycles. The van der Waals surface area contributed by atoms with E-state index in [1.165, 1.54) is 13.2 Å². The van der Waals surface area contributed by atoms with E-state index in [0.717, 1.165) is 4.88 Å². The van der Waals surface area contributed by atoms with Crippen molar-refractivity contribution in [2.75, 3.05) is 26.1 Å². The van der Waals surface area contributed by atoms with Crippen molar-refractivity contribution in [2.45, 2.75) is 0 Å². The molecule has 7 heteroatoms. The van der Waals surface area contributed by atoms with Gasteiger partial charge in [-0.2, -0.15) is 0 Å². The number of ether oxygens (including phenoxy) is 3. The maximum atomic E-state index is 12.2. The largest absolute Gasteiger partial charge is 0.493 e. The summed E-state index contributed by atoms with van der Waals surface area (Å²) >= 11 is 1.57. The van der Waals surface area contributed by atoms with Gasteiger partial charge in [-0.25, -0.2) is 0 Å². The maximum Gasteiger partial charge on any atom is 0.262 e. The molecule has 0 aliphatic rings. The van der Waals surface area contributed by atoms with Crippen molar-refractivity contribution in [2.24, 2.45) is 0 Å². The second-order valence-corrected chi connectivity index (χ2v) is 7.12. The van der Waals surface area contributed by atoms with Crippen molar-refractivity contribution in [3.8, 4) is 17.2 Å². The van der Waals surface area contributed by atoms with E-state index < -0.39 is 0 Å². The number of carbonyl (C=O) groups is 2. The molecule has 0 aliphatic heterocycles. The Morgan fingerprint density at radius 2 is 1.77 bits per heavy atom. The third kappa shape index (κ3) is 5.71. The van der Waals surface area contributed by atoms with Crippen LogP contribution in [0.3, 0.4) is 0 Å². The highest BCUT2D eigenvalue weighted by molar-refractivity contribution is 7.10. The molecule has 1 amide bonds. The zero-order valence-corrected chi connectivity index (χ0v) is 17.4. The van der Waals surface area contributed by atoms with Gasteiger partial charge in [0.2, 0.25) is 0 Å². The lowest BCUT2D eigenvalue weighted by molar-refractivity contribution is -0.118. The Morgan fingerprint density at radius 1 is 1.00 bits per heavy atom. The summed E-state index contributed by atoms with van der Waals surface area (Å²) < 4.78 is 15.9. The van der Waals surface area contributed by atoms with Gasteiger partial charge in [0.1, 0.15) is 5.75 Å². The number of methoxy groups -OCH3 is 2. The Morgan fingerprint density at radius 3 is 2.43 bits per heavy atom. The molecule has 0 unspecified atom stereocenters. The molecular formula is C23H21NO5S. The number of hydrogen-bond donors (Lipinski definition) is 1. The van der Waals surface area contributed by atoms with Gasteiger partial charge in [-0.1, -0.05) is 6.07 Å². The first-order chi connectivity index (χ1) is 14.6. The average molecular weight is 423 g/mol. The van der Waals surface area contributed by atoms with Crippen LogP contribution in [0.1, 0.15) is 15.2 Å². The number of carbonyl (C=O) groups excluding carboxylic acids is 2. The average Bonchev–Trinajstić information content (AvgIpc) is 3.30. The molecule has 0 atom stereocenters. The fraction of sp³-hybridized carbons (Fsp3) is 0.130. The van der Waals surface area contributed by atoms with Crippen molar-refractivity contribution in [3.05, 3.63) is 76.5 Å². The smallest absolute Gasteiger partial charge is 0.262 e. The van der Waals surface area contributed by atoms with Gasteiger partial charge in [0.25, 0.3) is 5.91 Å². The summed E-state index contributed by atoms with van der Waals surface area (Å²) in [4.78, 5) is 25.4. The lowest BCUT2D eigenvalue weighted by Gasteiger charge is -2.11. The van der Waals surface area contributed by atoms with E-state index in [0.29, 0.717) is 28.5 Å². The van der Waals surface area contributed by atoms with Gasteiger partial charge in [0.05, 0.1) is 14.2 Å². The quantitative estimate of drug-likeness (QED) is 0.400. The Balaban J connectivity index is 1.52. The Kier molecular flexibility index (Phi) is 7.24. The summed E-state index contributed by atoms with van der Waals surface area (Å²) in [5, 5.41) is 4.69. The van der Waals surface area contributed by atoms with Crippen molar-refractivity contribution in [1.29, 1.82) is 0 Å². The summed E-state index contributed by atoms with van der Waals surface area (Å²) in [5.74, 6) is 1.18.